The molecular formula is C18H19ClN6O3. The van der Waals surface area contributed by atoms with Crippen LogP contribution in [-0.4, -0.2) is 38.4 Å². The lowest BCUT2D eigenvalue weighted by molar-refractivity contribution is 0.0958. The van der Waals surface area contributed by atoms with E-state index >= 15 is 0 Å². The van der Waals surface area contributed by atoms with Crippen molar-refractivity contribution in [3.8, 4) is 5.75 Å². The number of carbonyl (C=O) groups is 2. The lowest BCUT2D eigenvalue weighted by atomic mass is 10.3. The molecule has 0 fully saturated rings. The zero-order chi connectivity index (χ0) is 20.1. The number of ether oxygens (including phenoxy) is 1. The second kappa shape index (κ2) is 8.57. The van der Waals surface area contributed by atoms with Gasteiger partial charge in [-0.15, -0.1) is 0 Å². The number of hydrogen-bond acceptors (Lipinski definition) is 5. The van der Waals surface area contributed by atoms with Gasteiger partial charge in [-0.1, -0.05) is 11.6 Å². The number of amides is 2. The third-order valence-electron chi connectivity index (χ3n) is 3.89. The van der Waals surface area contributed by atoms with Crippen LogP contribution in [0.5, 0.6) is 5.75 Å². The van der Waals surface area contributed by atoms with Gasteiger partial charge < -0.3 is 15.4 Å². The molecule has 0 aliphatic heterocycles. The molecule has 0 aliphatic carbocycles. The van der Waals surface area contributed by atoms with Crippen LogP contribution in [0, 0.1) is 0 Å². The predicted octanol–water partition coefficient (Wildman–Crippen LogP) is 2.40. The Morgan fingerprint density at radius 3 is 2.61 bits per heavy atom. The third-order valence-corrected chi connectivity index (χ3v) is 4.14. The van der Waals surface area contributed by atoms with Gasteiger partial charge in [0, 0.05) is 31.0 Å². The van der Waals surface area contributed by atoms with Crippen molar-refractivity contribution >= 4 is 29.1 Å². The molecule has 10 heteroatoms. The number of aryl methyl sites for hydroxylation is 1. The molecule has 0 aliphatic rings. The summed E-state index contributed by atoms with van der Waals surface area (Å²) in [6, 6.07) is 8.42. The number of nitrogens with zero attached hydrogens (tertiary/aromatic N) is 4. The largest absolute Gasteiger partial charge is 0.471 e. The molecule has 0 saturated carbocycles. The van der Waals surface area contributed by atoms with Crippen molar-refractivity contribution in [1.29, 1.82) is 0 Å². The molecule has 0 radical (unpaired) electrons. The minimum atomic E-state index is -0.432. The van der Waals surface area contributed by atoms with E-state index in [0.717, 1.165) is 0 Å². The zero-order valence-electron chi connectivity index (χ0n) is 15.3. The van der Waals surface area contributed by atoms with Crippen molar-refractivity contribution < 1.29 is 14.3 Å². The van der Waals surface area contributed by atoms with Crippen molar-refractivity contribution in [2.75, 3.05) is 12.4 Å². The maximum atomic E-state index is 12.7. The number of rotatable bonds is 7. The van der Waals surface area contributed by atoms with E-state index in [1.807, 2.05) is 6.92 Å². The fourth-order valence-corrected chi connectivity index (χ4v) is 2.57. The van der Waals surface area contributed by atoms with Crippen LogP contribution in [0.1, 0.15) is 27.9 Å². The maximum Gasteiger partial charge on any atom is 0.274 e. The average Bonchev–Trinajstić information content (AvgIpc) is 3.33. The molecule has 0 unspecified atom stereocenters. The number of aromatic nitrogens is 4. The summed E-state index contributed by atoms with van der Waals surface area (Å²) >= 11 is 5.85. The van der Waals surface area contributed by atoms with Crippen LogP contribution in [0.3, 0.4) is 0 Å². The summed E-state index contributed by atoms with van der Waals surface area (Å²) in [6.07, 6.45) is 3.10. The molecule has 2 amide bonds. The van der Waals surface area contributed by atoms with Gasteiger partial charge in [-0.2, -0.15) is 10.2 Å². The molecule has 3 aromatic rings. The molecule has 0 saturated heterocycles. The van der Waals surface area contributed by atoms with Crippen LogP contribution < -0.4 is 15.4 Å². The molecule has 0 atom stereocenters. The summed E-state index contributed by atoms with van der Waals surface area (Å²) in [6.45, 7) is 2.48. The van der Waals surface area contributed by atoms with Gasteiger partial charge >= 0.3 is 0 Å². The Bertz CT molecular complexity index is 980. The number of nitrogens with one attached hydrogen (secondary N) is 2. The van der Waals surface area contributed by atoms with Crippen LogP contribution >= 0.6 is 11.6 Å². The summed E-state index contributed by atoms with van der Waals surface area (Å²) < 4.78 is 8.61. The second-order valence-corrected chi connectivity index (χ2v) is 6.16. The molecule has 0 bridgehead atoms. The predicted molar refractivity (Wildman–Crippen MR) is 104 cm³/mol. The first-order chi connectivity index (χ1) is 13.5. The quantitative estimate of drug-likeness (QED) is 0.631. The summed E-state index contributed by atoms with van der Waals surface area (Å²) in [5.41, 5.74) is 0.736. The van der Waals surface area contributed by atoms with Gasteiger partial charge in [0.15, 0.2) is 12.4 Å². The lowest BCUT2D eigenvalue weighted by Gasteiger charge is -2.10. The van der Waals surface area contributed by atoms with E-state index in [0.29, 0.717) is 23.0 Å². The van der Waals surface area contributed by atoms with Crippen LogP contribution in [0.2, 0.25) is 5.02 Å². The first-order valence-electron chi connectivity index (χ1n) is 8.53. The highest BCUT2D eigenvalue weighted by Crippen LogP contribution is 2.17. The molecule has 2 heterocycles. The minimum absolute atomic E-state index is 0.0356. The van der Waals surface area contributed by atoms with Crippen LogP contribution in [0.25, 0.3) is 0 Å². The van der Waals surface area contributed by atoms with E-state index in [9.17, 15) is 9.59 Å². The van der Waals surface area contributed by atoms with Crippen molar-refractivity contribution in [2.24, 2.45) is 0 Å². The fraction of sp³-hybridized carbons (Fsp3) is 0.222. The van der Waals surface area contributed by atoms with E-state index in [2.05, 4.69) is 20.8 Å². The second-order valence-electron chi connectivity index (χ2n) is 5.72. The SMILES string of the molecule is CCn1cc(NC(=O)c2ccnn2COc2ccc(Cl)cc2)c(C(=O)NC)n1. The molecule has 146 valence electrons. The van der Waals surface area contributed by atoms with Crippen molar-refractivity contribution in [3.63, 3.8) is 0 Å². The Hall–Kier alpha value is -3.33. The molecule has 9 nitrogen and oxygen atoms in total. The molecule has 2 aromatic heterocycles. The standard InChI is InChI=1S/C18H19ClN6O3/c1-3-24-10-14(16(23-24)18(27)20-2)22-17(26)15-8-9-21-25(15)11-28-13-6-4-12(19)5-7-13/h4-10H,3,11H2,1-2H3,(H,20,27)(H,22,26). The highest BCUT2D eigenvalue weighted by molar-refractivity contribution is 6.30. The van der Waals surface area contributed by atoms with Crippen molar-refractivity contribution in [2.45, 2.75) is 20.2 Å². The third kappa shape index (κ3) is 4.32. The van der Waals surface area contributed by atoms with E-state index in [4.69, 9.17) is 16.3 Å². The zero-order valence-corrected chi connectivity index (χ0v) is 16.1. The van der Waals surface area contributed by atoms with Crippen molar-refractivity contribution in [3.05, 3.63) is 59.1 Å². The smallest absolute Gasteiger partial charge is 0.274 e. The van der Waals surface area contributed by atoms with Crippen LogP contribution in [0.4, 0.5) is 5.69 Å². The molecule has 28 heavy (non-hydrogen) atoms. The van der Waals surface area contributed by atoms with Crippen molar-refractivity contribution in [1.82, 2.24) is 24.9 Å². The van der Waals surface area contributed by atoms with E-state index in [1.54, 1.807) is 41.2 Å². The van der Waals surface area contributed by atoms with Gasteiger partial charge in [0.1, 0.15) is 11.4 Å². The number of carbonyl (C=O) groups excluding carboxylic acids is 2. The number of halogens is 1. The normalized spacial score (nSPS) is 10.5. The fourth-order valence-electron chi connectivity index (χ4n) is 2.44. The Labute approximate surface area is 166 Å². The minimum Gasteiger partial charge on any atom is -0.471 e. The van der Waals surface area contributed by atoms with E-state index < -0.39 is 5.91 Å². The first kappa shape index (κ1) is 19.4. The number of benzene rings is 1. The highest BCUT2D eigenvalue weighted by atomic mass is 35.5. The highest BCUT2D eigenvalue weighted by Gasteiger charge is 2.20. The summed E-state index contributed by atoms with van der Waals surface area (Å²) in [7, 11) is 1.50. The van der Waals surface area contributed by atoms with E-state index in [1.165, 1.54) is 17.9 Å². The Morgan fingerprint density at radius 2 is 1.93 bits per heavy atom. The van der Waals surface area contributed by atoms with Gasteiger partial charge in [-0.3, -0.25) is 14.3 Å². The van der Waals surface area contributed by atoms with Gasteiger partial charge in [-0.25, -0.2) is 4.68 Å². The van der Waals surface area contributed by atoms with Crippen LogP contribution in [-0.2, 0) is 13.3 Å². The molecule has 2 N–H and O–H groups in total. The Kier molecular flexibility index (Phi) is 5.95. The van der Waals surface area contributed by atoms with Gasteiger partial charge in [0.05, 0.1) is 5.69 Å². The first-order valence-corrected chi connectivity index (χ1v) is 8.90. The van der Waals surface area contributed by atoms with Gasteiger partial charge in [0.25, 0.3) is 11.8 Å². The maximum absolute atomic E-state index is 12.7. The van der Waals surface area contributed by atoms with Gasteiger partial charge in [-0.05, 0) is 37.3 Å². The van der Waals surface area contributed by atoms with E-state index in [-0.39, 0.29) is 24.0 Å². The molecular weight excluding hydrogens is 384 g/mol. The van der Waals surface area contributed by atoms with Crippen LogP contribution in [0.15, 0.2) is 42.7 Å². The number of hydrogen-bond donors (Lipinski definition) is 2. The molecule has 1 aromatic carbocycles. The monoisotopic (exact) mass is 402 g/mol. The Morgan fingerprint density at radius 1 is 1.18 bits per heavy atom. The molecule has 3 rings (SSSR count). The summed E-state index contributed by atoms with van der Waals surface area (Å²) in [4.78, 5) is 24.7. The number of anilines is 1. The molecule has 0 spiro atoms. The topological polar surface area (TPSA) is 103 Å². The Balaban J connectivity index is 1.74. The summed E-state index contributed by atoms with van der Waals surface area (Å²) in [5.74, 6) is -0.225. The summed E-state index contributed by atoms with van der Waals surface area (Å²) in [5, 5.41) is 14.1. The lowest BCUT2D eigenvalue weighted by Crippen LogP contribution is -2.23. The van der Waals surface area contributed by atoms with Gasteiger partial charge in [0.2, 0.25) is 0 Å². The average molecular weight is 403 g/mol.